The van der Waals surface area contributed by atoms with Crippen LogP contribution in [0.3, 0.4) is 0 Å². The first-order valence-corrected chi connectivity index (χ1v) is 8.39. The summed E-state index contributed by atoms with van der Waals surface area (Å²) >= 11 is 23.2. The number of ketones is 1. The van der Waals surface area contributed by atoms with Crippen molar-refractivity contribution in [3.8, 4) is 11.5 Å². The molecule has 1 aromatic carbocycles. The van der Waals surface area contributed by atoms with Gasteiger partial charge in [-0.1, -0.05) is 52.5 Å². The SMILES string of the molecule is CC(=O)COCC=CCOc1c(Cl)cc(OCC=C(Cl)Cl)cc1Cl. The second kappa shape index (κ2) is 11.6. The van der Waals surface area contributed by atoms with E-state index in [-0.39, 0.29) is 30.1 Å². The predicted octanol–water partition coefficient (Wildman–Crippen LogP) is 5.23. The summed E-state index contributed by atoms with van der Waals surface area (Å²) in [4.78, 5) is 10.7. The number of carbonyl (C=O) groups excluding carboxylic acids is 1. The molecule has 0 radical (unpaired) electrons. The van der Waals surface area contributed by atoms with Crippen molar-refractivity contribution in [2.45, 2.75) is 6.92 Å². The summed E-state index contributed by atoms with van der Waals surface area (Å²) in [6, 6.07) is 3.16. The van der Waals surface area contributed by atoms with E-state index in [2.05, 4.69) is 0 Å². The Kier molecular flexibility index (Phi) is 10.2. The van der Waals surface area contributed by atoms with Crippen molar-refractivity contribution in [1.82, 2.24) is 0 Å². The molecule has 0 saturated heterocycles. The van der Waals surface area contributed by atoms with Gasteiger partial charge in [-0.25, -0.2) is 0 Å². The van der Waals surface area contributed by atoms with Crippen LogP contribution in [0.15, 0.2) is 34.9 Å². The Bertz CT molecular complexity index is 587. The fraction of sp³-hybridized carbons (Fsp3) is 0.312. The summed E-state index contributed by atoms with van der Waals surface area (Å²) in [6.45, 7) is 2.33. The summed E-state index contributed by atoms with van der Waals surface area (Å²) in [6.07, 6.45) is 4.98. The molecule has 0 aliphatic rings. The van der Waals surface area contributed by atoms with E-state index in [4.69, 9.17) is 60.6 Å². The van der Waals surface area contributed by atoms with E-state index in [0.29, 0.717) is 28.2 Å². The van der Waals surface area contributed by atoms with Gasteiger partial charge < -0.3 is 14.2 Å². The molecule has 0 atom stereocenters. The summed E-state index contributed by atoms with van der Waals surface area (Å²) in [5, 5.41) is 0.638. The Morgan fingerprint density at radius 3 is 2.25 bits per heavy atom. The van der Waals surface area contributed by atoms with Crippen molar-refractivity contribution >= 4 is 52.2 Å². The van der Waals surface area contributed by atoms with Gasteiger partial charge in [0.25, 0.3) is 0 Å². The first kappa shape index (κ1) is 21.1. The van der Waals surface area contributed by atoms with Crippen molar-refractivity contribution in [2.75, 3.05) is 26.4 Å². The first-order chi connectivity index (χ1) is 11.4. The van der Waals surface area contributed by atoms with Crippen LogP contribution < -0.4 is 9.47 Å². The maximum absolute atomic E-state index is 10.7. The lowest BCUT2D eigenvalue weighted by Gasteiger charge is -2.11. The number of hydrogen-bond acceptors (Lipinski definition) is 4. The zero-order chi connectivity index (χ0) is 17.9. The minimum atomic E-state index is -0.0238. The maximum atomic E-state index is 10.7. The molecule has 0 aliphatic carbocycles. The molecule has 0 heterocycles. The van der Waals surface area contributed by atoms with Crippen LogP contribution in [0.1, 0.15) is 6.92 Å². The van der Waals surface area contributed by atoms with Crippen LogP contribution in [-0.2, 0) is 9.53 Å². The molecule has 1 rings (SSSR count). The highest BCUT2D eigenvalue weighted by atomic mass is 35.5. The number of hydrogen-bond donors (Lipinski definition) is 0. The maximum Gasteiger partial charge on any atom is 0.157 e. The van der Waals surface area contributed by atoms with Crippen molar-refractivity contribution in [3.05, 3.63) is 44.9 Å². The third-order valence-corrected chi connectivity index (χ3v) is 3.34. The Labute approximate surface area is 160 Å². The van der Waals surface area contributed by atoms with E-state index in [1.54, 1.807) is 24.3 Å². The largest absolute Gasteiger partial charge is 0.489 e. The molecule has 0 N–H and O–H groups in total. The second-order valence-corrected chi connectivity index (χ2v) is 6.34. The van der Waals surface area contributed by atoms with Gasteiger partial charge >= 0.3 is 0 Å². The summed E-state index contributed by atoms with van der Waals surface area (Å²) in [5.41, 5.74) is 0. The Hall–Kier alpha value is -0.910. The fourth-order valence-electron chi connectivity index (χ4n) is 1.50. The van der Waals surface area contributed by atoms with Crippen LogP contribution in [-0.4, -0.2) is 32.2 Å². The molecule has 0 spiro atoms. The Morgan fingerprint density at radius 1 is 1.04 bits per heavy atom. The van der Waals surface area contributed by atoms with Crippen molar-refractivity contribution in [3.63, 3.8) is 0 Å². The Morgan fingerprint density at radius 2 is 1.67 bits per heavy atom. The minimum Gasteiger partial charge on any atom is -0.489 e. The smallest absolute Gasteiger partial charge is 0.157 e. The molecule has 0 amide bonds. The van der Waals surface area contributed by atoms with E-state index in [1.165, 1.54) is 13.0 Å². The second-order valence-electron chi connectivity index (χ2n) is 4.52. The molecule has 0 bridgehead atoms. The number of benzene rings is 1. The van der Waals surface area contributed by atoms with Crippen LogP contribution in [0.5, 0.6) is 11.5 Å². The molecular formula is C16H16Cl4O4. The highest BCUT2D eigenvalue weighted by Crippen LogP contribution is 2.37. The molecule has 8 heteroatoms. The number of ether oxygens (including phenoxy) is 3. The van der Waals surface area contributed by atoms with E-state index in [0.717, 1.165) is 0 Å². The van der Waals surface area contributed by atoms with Crippen LogP contribution >= 0.6 is 46.4 Å². The van der Waals surface area contributed by atoms with E-state index >= 15 is 0 Å². The molecule has 0 aliphatic heterocycles. The third-order valence-electron chi connectivity index (χ3n) is 2.47. The molecule has 0 fully saturated rings. The van der Waals surface area contributed by atoms with Gasteiger partial charge in [-0.2, -0.15) is 0 Å². The summed E-state index contributed by atoms with van der Waals surface area (Å²) in [5.74, 6) is 0.798. The lowest BCUT2D eigenvalue weighted by molar-refractivity contribution is -0.121. The van der Waals surface area contributed by atoms with E-state index in [9.17, 15) is 4.79 Å². The fourth-order valence-corrected chi connectivity index (χ4v) is 2.20. The van der Waals surface area contributed by atoms with Gasteiger partial charge in [0.15, 0.2) is 11.5 Å². The molecule has 4 nitrogen and oxygen atoms in total. The molecular weight excluding hydrogens is 398 g/mol. The number of Topliss-reactive ketones (excluding diaryl/α,β-unsaturated/α-hetero) is 1. The normalized spacial score (nSPS) is 10.7. The minimum absolute atomic E-state index is 0.0238. The number of rotatable bonds is 10. The summed E-state index contributed by atoms with van der Waals surface area (Å²) in [7, 11) is 0. The van der Waals surface area contributed by atoms with Gasteiger partial charge in [0.1, 0.15) is 30.1 Å². The zero-order valence-corrected chi connectivity index (χ0v) is 15.9. The van der Waals surface area contributed by atoms with Crippen LogP contribution in [0, 0.1) is 0 Å². The Balaban J connectivity index is 2.49. The summed E-state index contributed by atoms with van der Waals surface area (Å²) < 4.78 is 16.1. The average Bonchev–Trinajstić information content (AvgIpc) is 2.47. The van der Waals surface area contributed by atoms with Crippen LogP contribution in [0.2, 0.25) is 10.0 Å². The highest BCUT2D eigenvalue weighted by Gasteiger charge is 2.10. The van der Waals surface area contributed by atoms with Crippen molar-refractivity contribution in [2.24, 2.45) is 0 Å². The quantitative estimate of drug-likeness (QED) is 0.389. The third kappa shape index (κ3) is 8.81. The monoisotopic (exact) mass is 412 g/mol. The lowest BCUT2D eigenvalue weighted by atomic mass is 10.3. The number of carbonyl (C=O) groups is 1. The molecule has 1 aromatic rings. The molecule has 24 heavy (non-hydrogen) atoms. The van der Waals surface area contributed by atoms with Crippen LogP contribution in [0.25, 0.3) is 0 Å². The topological polar surface area (TPSA) is 44.8 Å². The molecule has 0 aromatic heterocycles. The van der Waals surface area contributed by atoms with Crippen molar-refractivity contribution < 1.29 is 19.0 Å². The van der Waals surface area contributed by atoms with E-state index in [1.807, 2.05) is 0 Å². The van der Waals surface area contributed by atoms with Gasteiger partial charge in [-0.15, -0.1) is 0 Å². The average molecular weight is 414 g/mol. The van der Waals surface area contributed by atoms with Gasteiger partial charge in [-0.3, -0.25) is 4.79 Å². The standard InChI is InChI=1S/C16H16Cl4O4/c1-11(21)10-22-5-2-3-6-24-16-13(17)8-12(9-14(16)18)23-7-4-15(19)20/h2-4,8-9H,5-7,10H2,1H3. The van der Waals surface area contributed by atoms with Gasteiger partial charge in [-0.05, 0) is 19.1 Å². The molecule has 0 saturated carbocycles. The molecule has 132 valence electrons. The van der Waals surface area contributed by atoms with Crippen LogP contribution in [0.4, 0.5) is 0 Å². The van der Waals surface area contributed by atoms with Gasteiger partial charge in [0.2, 0.25) is 0 Å². The van der Waals surface area contributed by atoms with E-state index < -0.39 is 0 Å². The predicted molar refractivity (Wildman–Crippen MR) is 97.9 cm³/mol. The van der Waals surface area contributed by atoms with Gasteiger partial charge in [0.05, 0.1) is 16.7 Å². The van der Waals surface area contributed by atoms with Gasteiger partial charge in [0, 0.05) is 12.1 Å². The zero-order valence-electron chi connectivity index (χ0n) is 12.9. The van der Waals surface area contributed by atoms with Crippen molar-refractivity contribution in [1.29, 1.82) is 0 Å². The molecule has 0 unspecified atom stereocenters. The number of halogens is 4. The first-order valence-electron chi connectivity index (χ1n) is 6.88. The lowest BCUT2D eigenvalue weighted by Crippen LogP contribution is -2.03. The highest BCUT2D eigenvalue weighted by molar-refractivity contribution is 6.55.